The lowest BCUT2D eigenvalue weighted by Gasteiger charge is -2.26. The Morgan fingerprint density at radius 1 is 1.20 bits per heavy atom. The Hall–Kier alpha value is -3.14. The minimum atomic E-state index is -4.65. The third-order valence-electron chi connectivity index (χ3n) is 4.83. The van der Waals surface area contributed by atoms with E-state index in [1.165, 1.54) is 11.7 Å². The summed E-state index contributed by atoms with van der Waals surface area (Å²) in [5, 5.41) is 4.15. The first-order chi connectivity index (χ1) is 14.3. The van der Waals surface area contributed by atoms with Crippen molar-refractivity contribution < 1.29 is 27.4 Å². The lowest BCUT2D eigenvalue weighted by Crippen LogP contribution is -2.43. The molecule has 2 aromatic heterocycles. The Morgan fingerprint density at radius 2 is 1.90 bits per heavy atom. The van der Waals surface area contributed by atoms with Crippen LogP contribution in [0.15, 0.2) is 36.4 Å². The van der Waals surface area contributed by atoms with Crippen molar-refractivity contribution in [2.75, 3.05) is 32.9 Å². The summed E-state index contributed by atoms with van der Waals surface area (Å²) in [6.45, 7) is 1.28. The second-order valence-electron chi connectivity index (χ2n) is 6.82. The number of carbonyl (C=O) groups is 1. The van der Waals surface area contributed by atoms with E-state index in [9.17, 15) is 18.0 Å². The molecule has 0 bridgehead atoms. The molecule has 1 aliphatic rings. The van der Waals surface area contributed by atoms with Gasteiger partial charge in [0.1, 0.15) is 5.69 Å². The molecule has 30 heavy (non-hydrogen) atoms. The van der Waals surface area contributed by atoms with Gasteiger partial charge in [-0.3, -0.25) is 4.79 Å². The van der Waals surface area contributed by atoms with Gasteiger partial charge in [0.2, 0.25) is 5.88 Å². The van der Waals surface area contributed by atoms with E-state index in [0.717, 1.165) is 6.07 Å². The van der Waals surface area contributed by atoms with Crippen molar-refractivity contribution in [3.8, 4) is 17.1 Å². The number of aromatic nitrogens is 3. The number of carbonyl (C=O) groups excluding carboxylic acids is 1. The number of fused-ring (bicyclic) bond motifs is 1. The zero-order chi connectivity index (χ0) is 21.3. The topological polar surface area (TPSA) is 69.5 Å². The maximum absolute atomic E-state index is 13.9. The molecular formula is C20H19F3N4O3. The summed E-state index contributed by atoms with van der Waals surface area (Å²) in [7, 11) is 1.52. The minimum absolute atomic E-state index is 0.0255. The molecule has 0 aliphatic carbocycles. The maximum atomic E-state index is 13.9. The predicted octanol–water partition coefficient (Wildman–Crippen LogP) is 2.89. The van der Waals surface area contributed by atoms with Crippen molar-refractivity contribution in [2.45, 2.75) is 6.18 Å². The van der Waals surface area contributed by atoms with Crippen molar-refractivity contribution >= 4 is 16.9 Å². The Labute approximate surface area is 170 Å². The van der Waals surface area contributed by atoms with Crippen LogP contribution in [0.1, 0.15) is 5.56 Å². The van der Waals surface area contributed by atoms with Crippen LogP contribution in [-0.2, 0) is 22.8 Å². The van der Waals surface area contributed by atoms with Crippen LogP contribution in [0.4, 0.5) is 13.2 Å². The monoisotopic (exact) mass is 420 g/mol. The number of hydrogen-bond acceptors (Lipinski definition) is 5. The Balaban J connectivity index is 1.71. The standard InChI is InChI=1S/C20H19F3N4O3/c1-26-19-17(18(25-26)13-5-3-2-4-6-13)14(20(21,22)23)11-15(24-19)30-12-16(28)27-7-9-29-10-8-27/h2-6,11H,7-10,12H2,1H3. The number of aryl methyl sites for hydroxylation is 1. The number of morpholine rings is 1. The van der Waals surface area contributed by atoms with Crippen LogP contribution in [0.5, 0.6) is 5.88 Å². The summed E-state index contributed by atoms with van der Waals surface area (Å²) >= 11 is 0. The highest BCUT2D eigenvalue weighted by molar-refractivity contribution is 5.94. The van der Waals surface area contributed by atoms with E-state index < -0.39 is 18.3 Å². The van der Waals surface area contributed by atoms with Crippen LogP contribution >= 0.6 is 0 Å². The Morgan fingerprint density at radius 3 is 2.57 bits per heavy atom. The summed E-state index contributed by atoms with van der Waals surface area (Å²) in [4.78, 5) is 18.0. The molecule has 3 heterocycles. The first-order valence-electron chi connectivity index (χ1n) is 9.33. The molecule has 0 N–H and O–H groups in total. The van der Waals surface area contributed by atoms with Gasteiger partial charge in [-0.2, -0.15) is 23.3 Å². The smallest absolute Gasteiger partial charge is 0.417 e. The van der Waals surface area contributed by atoms with Gasteiger partial charge >= 0.3 is 6.18 Å². The molecular weight excluding hydrogens is 401 g/mol. The van der Waals surface area contributed by atoms with Crippen molar-refractivity contribution in [1.29, 1.82) is 0 Å². The fraction of sp³-hybridized carbons (Fsp3) is 0.350. The van der Waals surface area contributed by atoms with E-state index in [1.807, 2.05) is 0 Å². The molecule has 4 rings (SSSR count). The summed E-state index contributed by atoms with van der Waals surface area (Å²) in [6.07, 6.45) is -4.65. The van der Waals surface area contributed by atoms with Crippen LogP contribution in [0.2, 0.25) is 0 Å². The maximum Gasteiger partial charge on any atom is 0.417 e. The van der Waals surface area contributed by atoms with Crippen molar-refractivity contribution in [1.82, 2.24) is 19.7 Å². The molecule has 1 fully saturated rings. The lowest BCUT2D eigenvalue weighted by atomic mass is 10.0. The number of halogens is 3. The van der Waals surface area contributed by atoms with E-state index in [1.54, 1.807) is 35.2 Å². The Bertz CT molecular complexity index is 1060. The molecule has 0 radical (unpaired) electrons. The van der Waals surface area contributed by atoms with E-state index in [4.69, 9.17) is 9.47 Å². The van der Waals surface area contributed by atoms with Gasteiger partial charge in [-0.05, 0) is 0 Å². The second kappa shape index (κ2) is 7.94. The molecule has 0 atom stereocenters. The van der Waals surface area contributed by atoms with E-state index in [0.29, 0.717) is 31.9 Å². The van der Waals surface area contributed by atoms with Gasteiger partial charge in [-0.25, -0.2) is 4.68 Å². The molecule has 0 saturated carbocycles. The molecule has 1 saturated heterocycles. The van der Waals surface area contributed by atoms with E-state index >= 15 is 0 Å². The molecule has 7 nitrogen and oxygen atoms in total. The molecule has 0 spiro atoms. The van der Waals surface area contributed by atoms with Gasteiger partial charge in [0.25, 0.3) is 5.91 Å². The molecule has 1 aromatic carbocycles. The average Bonchev–Trinajstić information content (AvgIpc) is 3.08. The molecule has 3 aromatic rings. The number of nitrogens with zero attached hydrogens (tertiary/aromatic N) is 4. The SMILES string of the molecule is Cn1nc(-c2ccccc2)c2c(C(F)(F)F)cc(OCC(=O)N3CCOCC3)nc21. The van der Waals surface area contributed by atoms with Crippen LogP contribution in [-0.4, -0.2) is 58.5 Å². The number of alkyl halides is 3. The van der Waals surface area contributed by atoms with Crippen molar-refractivity contribution in [3.05, 3.63) is 42.0 Å². The highest BCUT2D eigenvalue weighted by Gasteiger charge is 2.36. The van der Waals surface area contributed by atoms with Gasteiger partial charge < -0.3 is 14.4 Å². The van der Waals surface area contributed by atoms with E-state index in [2.05, 4.69) is 10.1 Å². The largest absolute Gasteiger partial charge is 0.467 e. The van der Waals surface area contributed by atoms with Crippen molar-refractivity contribution in [2.24, 2.45) is 7.05 Å². The quantitative estimate of drug-likeness (QED) is 0.649. The van der Waals surface area contributed by atoms with Gasteiger partial charge in [0, 0.05) is 31.8 Å². The summed E-state index contributed by atoms with van der Waals surface area (Å²) in [5.74, 6) is -0.609. The van der Waals surface area contributed by atoms with Gasteiger partial charge in [0.05, 0.1) is 24.2 Å². The van der Waals surface area contributed by atoms with Gasteiger partial charge in [0.15, 0.2) is 12.3 Å². The fourth-order valence-corrected chi connectivity index (χ4v) is 3.36. The van der Waals surface area contributed by atoms with Crippen molar-refractivity contribution in [3.63, 3.8) is 0 Å². The third-order valence-corrected chi connectivity index (χ3v) is 4.83. The number of rotatable bonds is 4. The average molecular weight is 420 g/mol. The van der Waals surface area contributed by atoms with E-state index in [-0.39, 0.29) is 28.5 Å². The van der Waals surface area contributed by atoms with Gasteiger partial charge in [-0.1, -0.05) is 30.3 Å². The van der Waals surface area contributed by atoms with Crippen LogP contribution in [0.25, 0.3) is 22.3 Å². The summed E-state index contributed by atoms with van der Waals surface area (Å²) < 4.78 is 53.5. The third kappa shape index (κ3) is 3.95. The van der Waals surface area contributed by atoms with Crippen LogP contribution in [0.3, 0.4) is 0 Å². The predicted molar refractivity (Wildman–Crippen MR) is 102 cm³/mol. The van der Waals surface area contributed by atoms with Crippen LogP contribution in [0, 0.1) is 0 Å². The molecule has 0 unspecified atom stereocenters. The molecule has 158 valence electrons. The van der Waals surface area contributed by atoms with Gasteiger partial charge in [-0.15, -0.1) is 0 Å². The molecule has 1 aliphatic heterocycles. The first-order valence-corrected chi connectivity index (χ1v) is 9.33. The molecule has 10 heteroatoms. The number of benzene rings is 1. The highest BCUT2D eigenvalue weighted by Crippen LogP contribution is 2.40. The zero-order valence-corrected chi connectivity index (χ0v) is 16.1. The molecule has 1 amide bonds. The fourth-order valence-electron chi connectivity index (χ4n) is 3.36. The van der Waals surface area contributed by atoms with Crippen LogP contribution < -0.4 is 4.74 Å². The number of amides is 1. The Kier molecular flexibility index (Phi) is 5.33. The highest BCUT2D eigenvalue weighted by atomic mass is 19.4. The second-order valence-corrected chi connectivity index (χ2v) is 6.82. The normalized spacial score (nSPS) is 14.9. The lowest BCUT2D eigenvalue weighted by molar-refractivity contribution is -0.137. The number of ether oxygens (including phenoxy) is 2. The minimum Gasteiger partial charge on any atom is -0.467 e. The first kappa shape index (κ1) is 20.1. The number of pyridine rings is 1. The summed E-state index contributed by atoms with van der Waals surface area (Å²) in [6, 6.07) is 9.43. The zero-order valence-electron chi connectivity index (χ0n) is 16.1. The summed E-state index contributed by atoms with van der Waals surface area (Å²) in [5.41, 5.74) is -0.152. The number of hydrogen-bond donors (Lipinski definition) is 0.